The second-order valence-corrected chi connectivity index (χ2v) is 7.80. The topological polar surface area (TPSA) is 59.8 Å². The van der Waals surface area contributed by atoms with Gasteiger partial charge in [0.05, 0.1) is 5.75 Å². The molecule has 7 heteroatoms. The highest BCUT2D eigenvalue weighted by Crippen LogP contribution is 2.26. The summed E-state index contributed by atoms with van der Waals surface area (Å²) < 4.78 is 2.00. The van der Waals surface area contributed by atoms with Crippen LogP contribution in [0.25, 0.3) is 22.2 Å². The third-order valence-corrected chi connectivity index (χ3v) is 5.75. The van der Waals surface area contributed by atoms with E-state index in [1.54, 1.807) is 0 Å². The molecule has 0 saturated carbocycles. The van der Waals surface area contributed by atoms with Gasteiger partial charge in [0, 0.05) is 28.2 Å². The number of carbonyl (C=O) groups excluding carboxylic acids is 1. The monoisotopic (exact) mass is 422 g/mol. The zero-order valence-electron chi connectivity index (χ0n) is 15.8. The van der Waals surface area contributed by atoms with Gasteiger partial charge in [0.15, 0.2) is 11.0 Å². The van der Waals surface area contributed by atoms with Crippen LogP contribution < -0.4 is 5.32 Å². The van der Waals surface area contributed by atoms with Crippen LogP contribution in [0.3, 0.4) is 0 Å². The van der Waals surface area contributed by atoms with Crippen LogP contribution in [0.15, 0.2) is 71.9 Å². The molecule has 0 fully saturated rings. The van der Waals surface area contributed by atoms with Crippen LogP contribution in [0.2, 0.25) is 5.02 Å². The zero-order valence-corrected chi connectivity index (χ0v) is 17.4. The lowest BCUT2D eigenvalue weighted by atomic mass is 10.1. The first kappa shape index (κ1) is 19.5. The van der Waals surface area contributed by atoms with E-state index in [1.165, 1.54) is 11.8 Å². The first-order valence-electron chi connectivity index (χ1n) is 9.25. The molecule has 1 amide bonds. The molecule has 0 radical (unpaired) electrons. The predicted octanol–water partition coefficient (Wildman–Crippen LogP) is 5.50. The Hall–Kier alpha value is -2.83. The van der Waals surface area contributed by atoms with Gasteiger partial charge < -0.3 is 9.88 Å². The number of anilines is 1. The maximum atomic E-state index is 12.5. The fourth-order valence-corrected chi connectivity index (χ4v) is 4.07. The van der Waals surface area contributed by atoms with Crippen LogP contribution in [0.5, 0.6) is 0 Å². The summed E-state index contributed by atoms with van der Waals surface area (Å²) in [4.78, 5) is 12.5. The molecule has 0 saturated heterocycles. The highest BCUT2D eigenvalue weighted by molar-refractivity contribution is 7.99. The summed E-state index contributed by atoms with van der Waals surface area (Å²) in [6, 6.07) is 21.4. The SMILES string of the molecule is CCn1c(SCC(=O)Nc2cccc3ccccc23)nnc1-c1ccc(Cl)cc1. The summed E-state index contributed by atoms with van der Waals surface area (Å²) in [5, 5.41) is 15.1. The average Bonchev–Trinajstić information content (AvgIpc) is 3.16. The van der Waals surface area contributed by atoms with Crippen molar-refractivity contribution >= 4 is 45.7 Å². The summed E-state index contributed by atoms with van der Waals surface area (Å²) in [7, 11) is 0. The number of fused-ring (bicyclic) bond motifs is 1. The minimum absolute atomic E-state index is 0.0787. The predicted molar refractivity (Wildman–Crippen MR) is 119 cm³/mol. The van der Waals surface area contributed by atoms with E-state index in [-0.39, 0.29) is 11.7 Å². The summed E-state index contributed by atoms with van der Waals surface area (Å²) in [5.74, 6) is 0.938. The van der Waals surface area contributed by atoms with E-state index in [0.717, 1.165) is 27.8 Å². The summed E-state index contributed by atoms with van der Waals surface area (Å²) in [5.41, 5.74) is 1.75. The first-order valence-corrected chi connectivity index (χ1v) is 10.6. The van der Waals surface area contributed by atoms with Gasteiger partial charge in [-0.05, 0) is 42.6 Å². The molecule has 0 atom stereocenters. The lowest BCUT2D eigenvalue weighted by molar-refractivity contribution is -0.113. The van der Waals surface area contributed by atoms with Gasteiger partial charge in [-0.2, -0.15) is 0 Å². The number of amides is 1. The first-order chi connectivity index (χ1) is 14.2. The molecule has 4 rings (SSSR count). The molecule has 3 aromatic carbocycles. The van der Waals surface area contributed by atoms with Gasteiger partial charge in [-0.15, -0.1) is 10.2 Å². The molecule has 0 aliphatic heterocycles. The molecular formula is C22H19ClN4OS. The van der Waals surface area contributed by atoms with Crippen LogP contribution in [-0.2, 0) is 11.3 Å². The van der Waals surface area contributed by atoms with Crippen LogP contribution in [0.4, 0.5) is 5.69 Å². The number of carbonyl (C=O) groups is 1. The Bertz CT molecular complexity index is 1150. The number of hydrogen-bond acceptors (Lipinski definition) is 4. The van der Waals surface area contributed by atoms with E-state index in [9.17, 15) is 4.79 Å². The molecule has 4 aromatic rings. The van der Waals surface area contributed by atoms with Crippen LogP contribution in [0, 0.1) is 0 Å². The molecule has 0 unspecified atom stereocenters. The van der Waals surface area contributed by atoms with Crippen molar-refractivity contribution in [2.75, 3.05) is 11.1 Å². The number of thioether (sulfide) groups is 1. The molecule has 0 spiro atoms. The normalized spacial score (nSPS) is 11.0. The van der Waals surface area contributed by atoms with E-state index in [2.05, 4.69) is 15.5 Å². The molecule has 1 heterocycles. The third-order valence-electron chi connectivity index (χ3n) is 4.53. The number of hydrogen-bond donors (Lipinski definition) is 1. The number of rotatable bonds is 6. The van der Waals surface area contributed by atoms with Gasteiger partial charge in [0.2, 0.25) is 5.91 Å². The number of aromatic nitrogens is 3. The van der Waals surface area contributed by atoms with Gasteiger partial charge in [-0.1, -0.05) is 59.8 Å². The van der Waals surface area contributed by atoms with Crippen LogP contribution in [0.1, 0.15) is 6.92 Å². The van der Waals surface area contributed by atoms with Gasteiger partial charge in [-0.25, -0.2) is 0 Å². The number of nitrogens with zero attached hydrogens (tertiary/aromatic N) is 3. The molecule has 29 heavy (non-hydrogen) atoms. The van der Waals surface area contributed by atoms with Crippen molar-refractivity contribution in [1.29, 1.82) is 0 Å². The third kappa shape index (κ3) is 4.28. The van der Waals surface area contributed by atoms with E-state index < -0.39 is 0 Å². The summed E-state index contributed by atoms with van der Waals surface area (Å²) in [6.45, 7) is 2.74. The van der Waals surface area contributed by atoms with Crippen molar-refractivity contribution in [3.63, 3.8) is 0 Å². The minimum Gasteiger partial charge on any atom is -0.325 e. The maximum absolute atomic E-state index is 12.5. The fourth-order valence-electron chi connectivity index (χ4n) is 3.14. The molecular weight excluding hydrogens is 404 g/mol. The van der Waals surface area contributed by atoms with E-state index >= 15 is 0 Å². The van der Waals surface area contributed by atoms with E-state index in [0.29, 0.717) is 16.7 Å². The highest BCUT2D eigenvalue weighted by atomic mass is 35.5. The van der Waals surface area contributed by atoms with Gasteiger partial charge >= 0.3 is 0 Å². The van der Waals surface area contributed by atoms with Gasteiger partial charge in [-0.3, -0.25) is 4.79 Å². The molecule has 0 bridgehead atoms. The molecule has 0 aliphatic carbocycles. The molecule has 1 aromatic heterocycles. The zero-order chi connectivity index (χ0) is 20.2. The van der Waals surface area contributed by atoms with Crippen LogP contribution >= 0.6 is 23.4 Å². The number of benzene rings is 3. The maximum Gasteiger partial charge on any atom is 0.234 e. The lowest BCUT2D eigenvalue weighted by Gasteiger charge is -2.09. The van der Waals surface area contributed by atoms with Crippen molar-refractivity contribution in [1.82, 2.24) is 14.8 Å². The second kappa shape index (κ2) is 8.68. The number of nitrogens with one attached hydrogen (secondary N) is 1. The Morgan fingerprint density at radius 2 is 1.79 bits per heavy atom. The Balaban J connectivity index is 1.47. The molecule has 5 nitrogen and oxygen atoms in total. The van der Waals surface area contributed by atoms with Crippen molar-refractivity contribution in [3.8, 4) is 11.4 Å². The Labute approximate surface area is 178 Å². The lowest BCUT2D eigenvalue weighted by Crippen LogP contribution is -2.15. The molecule has 146 valence electrons. The largest absolute Gasteiger partial charge is 0.325 e. The average molecular weight is 423 g/mol. The van der Waals surface area contributed by atoms with E-state index in [1.807, 2.05) is 78.2 Å². The second-order valence-electron chi connectivity index (χ2n) is 6.42. The van der Waals surface area contributed by atoms with E-state index in [4.69, 9.17) is 11.6 Å². The van der Waals surface area contributed by atoms with Crippen molar-refractivity contribution in [2.45, 2.75) is 18.6 Å². The van der Waals surface area contributed by atoms with Gasteiger partial charge in [0.1, 0.15) is 0 Å². The van der Waals surface area contributed by atoms with Crippen molar-refractivity contribution < 1.29 is 4.79 Å². The Morgan fingerprint density at radius 3 is 2.59 bits per heavy atom. The van der Waals surface area contributed by atoms with Crippen LogP contribution in [-0.4, -0.2) is 26.4 Å². The summed E-state index contributed by atoms with van der Waals surface area (Å²) in [6.07, 6.45) is 0. The van der Waals surface area contributed by atoms with Crippen molar-refractivity contribution in [3.05, 3.63) is 71.8 Å². The van der Waals surface area contributed by atoms with Gasteiger partial charge in [0.25, 0.3) is 0 Å². The quantitative estimate of drug-likeness (QED) is 0.416. The van der Waals surface area contributed by atoms with Crippen molar-refractivity contribution in [2.24, 2.45) is 0 Å². The molecule has 1 N–H and O–H groups in total. The smallest absolute Gasteiger partial charge is 0.234 e. The Kier molecular flexibility index (Phi) is 5.83. The Morgan fingerprint density at radius 1 is 1.03 bits per heavy atom. The number of halogens is 1. The molecule has 0 aliphatic rings. The summed E-state index contributed by atoms with van der Waals surface area (Å²) >= 11 is 7.35. The minimum atomic E-state index is -0.0787. The standard InChI is InChI=1S/C22H19ClN4OS/c1-2-27-21(16-10-12-17(23)13-11-16)25-26-22(27)29-14-20(28)24-19-9-5-7-15-6-3-4-8-18(15)19/h3-13H,2,14H2,1H3,(H,24,28). The highest BCUT2D eigenvalue weighted by Gasteiger charge is 2.15. The fraction of sp³-hybridized carbons (Fsp3) is 0.136.